The Morgan fingerprint density at radius 2 is 2.08 bits per heavy atom. The van der Waals surface area contributed by atoms with Gasteiger partial charge in [0.15, 0.2) is 0 Å². The summed E-state index contributed by atoms with van der Waals surface area (Å²) < 4.78 is 0. The van der Waals surface area contributed by atoms with Crippen molar-refractivity contribution in [2.24, 2.45) is 0 Å². The van der Waals surface area contributed by atoms with E-state index in [1.54, 1.807) is 0 Å². The molecule has 2 N–H and O–H groups in total. The number of aliphatic hydroxyl groups excluding tert-OH is 1. The van der Waals surface area contributed by atoms with Crippen LogP contribution in [0.4, 0.5) is 0 Å². The van der Waals surface area contributed by atoms with Crippen molar-refractivity contribution in [2.45, 2.75) is 31.3 Å². The molecule has 12 heavy (non-hydrogen) atoms. The molecule has 0 aromatic heterocycles. The molecule has 2 rings (SSSR count). The van der Waals surface area contributed by atoms with Gasteiger partial charge in [-0.1, -0.05) is 0 Å². The first-order valence-corrected chi connectivity index (χ1v) is 4.98. The summed E-state index contributed by atoms with van der Waals surface area (Å²) in [7, 11) is 0. The Labute approximate surface area is 73.8 Å². The minimum absolute atomic E-state index is 0.302. The summed E-state index contributed by atoms with van der Waals surface area (Å²) in [6, 6.07) is 1.52. The molecule has 1 atom stereocenters. The van der Waals surface area contributed by atoms with Crippen molar-refractivity contribution in [2.75, 3.05) is 26.2 Å². The fourth-order valence-corrected chi connectivity index (χ4v) is 1.90. The molecule has 0 amide bonds. The third-order valence-corrected chi connectivity index (χ3v) is 2.74. The van der Waals surface area contributed by atoms with Crippen LogP contribution >= 0.6 is 0 Å². The lowest BCUT2D eigenvalue weighted by molar-refractivity contribution is 0.218. The number of aliphatic hydroxyl groups is 1. The number of likely N-dealkylation sites (tertiary alicyclic amines) is 1. The SMILES string of the molecule is OCCN1CCC(NC2CC2)C1. The molecule has 1 aliphatic heterocycles. The Balaban J connectivity index is 1.66. The summed E-state index contributed by atoms with van der Waals surface area (Å²) in [6.07, 6.45) is 4.00. The molecule has 1 saturated carbocycles. The number of rotatable bonds is 4. The molecule has 0 aromatic carbocycles. The fraction of sp³-hybridized carbons (Fsp3) is 1.00. The molecule has 1 saturated heterocycles. The van der Waals surface area contributed by atoms with E-state index >= 15 is 0 Å². The molecule has 0 radical (unpaired) electrons. The average Bonchev–Trinajstić information content (AvgIpc) is 2.74. The second kappa shape index (κ2) is 3.73. The van der Waals surface area contributed by atoms with Crippen molar-refractivity contribution in [1.29, 1.82) is 0 Å². The summed E-state index contributed by atoms with van der Waals surface area (Å²) in [4.78, 5) is 2.33. The number of hydrogen-bond donors (Lipinski definition) is 2. The minimum atomic E-state index is 0.302. The summed E-state index contributed by atoms with van der Waals surface area (Å²) in [5, 5.41) is 12.4. The highest BCUT2D eigenvalue weighted by molar-refractivity contribution is 4.89. The van der Waals surface area contributed by atoms with Gasteiger partial charge in [0, 0.05) is 25.2 Å². The zero-order valence-electron chi connectivity index (χ0n) is 7.50. The lowest BCUT2D eigenvalue weighted by atomic mass is 10.2. The van der Waals surface area contributed by atoms with Crippen LogP contribution < -0.4 is 5.32 Å². The molecule has 2 aliphatic rings. The number of nitrogens with zero attached hydrogens (tertiary/aromatic N) is 1. The first-order valence-electron chi connectivity index (χ1n) is 4.98. The normalized spacial score (nSPS) is 31.2. The highest BCUT2D eigenvalue weighted by Gasteiger charge is 2.28. The standard InChI is InChI=1S/C9H18N2O/c12-6-5-11-4-3-9(7-11)10-8-1-2-8/h8-10,12H,1-7H2. The zero-order chi connectivity index (χ0) is 8.39. The average molecular weight is 170 g/mol. The zero-order valence-corrected chi connectivity index (χ0v) is 7.50. The van der Waals surface area contributed by atoms with Gasteiger partial charge < -0.3 is 10.4 Å². The van der Waals surface area contributed by atoms with Crippen LogP contribution in [0.2, 0.25) is 0 Å². The second-order valence-electron chi connectivity index (χ2n) is 3.95. The van der Waals surface area contributed by atoms with Gasteiger partial charge in [-0.05, 0) is 25.8 Å². The van der Waals surface area contributed by atoms with E-state index in [-0.39, 0.29) is 0 Å². The van der Waals surface area contributed by atoms with Gasteiger partial charge in [-0.25, -0.2) is 0 Å². The van der Waals surface area contributed by atoms with Crippen LogP contribution in [0.3, 0.4) is 0 Å². The molecule has 1 aliphatic carbocycles. The van der Waals surface area contributed by atoms with Crippen LogP contribution in [0.5, 0.6) is 0 Å². The molecule has 0 aromatic rings. The van der Waals surface area contributed by atoms with Gasteiger partial charge in [0.05, 0.1) is 6.61 Å². The van der Waals surface area contributed by atoms with Crippen LogP contribution in [0.1, 0.15) is 19.3 Å². The van der Waals surface area contributed by atoms with E-state index in [1.807, 2.05) is 0 Å². The van der Waals surface area contributed by atoms with Crippen molar-refractivity contribution >= 4 is 0 Å². The van der Waals surface area contributed by atoms with Gasteiger partial charge in [-0.3, -0.25) is 4.90 Å². The van der Waals surface area contributed by atoms with Gasteiger partial charge in [0.1, 0.15) is 0 Å². The molecular weight excluding hydrogens is 152 g/mol. The lowest BCUT2D eigenvalue weighted by Gasteiger charge is -2.14. The predicted molar refractivity (Wildman–Crippen MR) is 48.1 cm³/mol. The van der Waals surface area contributed by atoms with Crippen LogP contribution in [0, 0.1) is 0 Å². The summed E-state index contributed by atoms with van der Waals surface area (Å²) in [6.45, 7) is 3.45. The molecule has 1 unspecified atom stereocenters. The van der Waals surface area contributed by atoms with E-state index in [0.717, 1.165) is 25.7 Å². The quantitative estimate of drug-likeness (QED) is 0.613. The molecule has 1 heterocycles. The third kappa shape index (κ3) is 2.19. The van der Waals surface area contributed by atoms with Crippen molar-refractivity contribution in [1.82, 2.24) is 10.2 Å². The Morgan fingerprint density at radius 1 is 1.25 bits per heavy atom. The topological polar surface area (TPSA) is 35.5 Å². The van der Waals surface area contributed by atoms with Crippen LogP contribution in [0.25, 0.3) is 0 Å². The monoisotopic (exact) mass is 170 g/mol. The summed E-state index contributed by atoms with van der Waals surface area (Å²) >= 11 is 0. The number of β-amino-alcohol motifs (C(OH)–C–C–N with tert-alkyl or cyclic N) is 1. The smallest absolute Gasteiger partial charge is 0.0558 e. The van der Waals surface area contributed by atoms with E-state index in [4.69, 9.17) is 5.11 Å². The van der Waals surface area contributed by atoms with Gasteiger partial charge in [0.2, 0.25) is 0 Å². The number of nitrogens with one attached hydrogen (secondary N) is 1. The van der Waals surface area contributed by atoms with Gasteiger partial charge >= 0.3 is 0 Å². The summed E-state index contributed by atoms with van der Waals surface area (Å²) in [5.74, 6) is 0. The van der Waals surface area contributed by atoms with E-state index in [1.165, 1.54) is 19.3 Å². The Kier molecular flexibility index (Phi) is 2.63. The Morgan fingerprint density at radius 3 is 2.75 bits per heavy atom. The van der Waals surface area contributed by atoms with Gasteiger partial charge in [-0.15, -0.1) is 0 Å². The maximum Gasteiger partial charge on any atom is 0.0558 e. The second-order valence-corrected chi connectivity index (χ2v) is 3.95. The van der Waals surface area contributed by atoms with Gasteiger partial charge in [-0.2, -0.15) is 0 Å². The van der Waals surface area contributed by atoms with Crippen molar-refractivity contribution < 1.29 is 5.11 Å². The highest BCUT2D eigenvalue weighted by atomic mass is 16.3. The molecule has 3 heteroatoms. The Hall–Kier alpha value is -0.120. The first kappa shape index (κ1) is 8.48. The van der Waals surface area contributed by atoms with E-state index in [9.17, 15) is 0 Å². The third-order valence-electron chi connectivity index (χ3n) is 2.74. The fourth-order valence-electron chi connectivity index (χ4n) is 1.90. The van der Waals surface area contributed by atoms with E-state index < -0.39 is 0 Å². The molecule has 3 nitrogen and oxygen atoms in total. The molecule has 2 fully saturated rings. The molecular formula is C9H18N2O. The molecule has 0 bridgehead atoms. The Bertz CT molecular complexity index is 147. The van der Waals surface area contributed by atoms with Crippen LogP contribution in [-0.4, -0.2) is 48.3 Å². The summed E-state index contributed by atoms with van der Waals surface area (Å²) in [5.41, 5.74) is 0. The molecule has 70 valence electrons. The van der Waals surface area contributed by atoms with E-state index in [0.29, 0.717) is 12.6 Å². The maximum absolute atomic E-state index is 8.75. The number of hydrogen-bond acceptors (Lipinski definition) is 3. The lowest BCUT2D eigenvalue weighted by Crippen LogP contribution is -2.34. The van der Waals surface area contributed by atoms with Crippen molar-refractivity contribution in [3.63, 3.8) is 0 Å². The van der Waals surface area contributed by atoms with Crippen LogP contribution in [0.15, 0.2) is 0 Å². The van der Waals surface area contributed by atoms with Crippen molar-refractivity contribution in [3.8, 4) is 0 Å². The van der Waals surface area contributed by atoms with Crippen molar-refractivity contribution in [3.05, 3.63) is 0 Å². The van der Waals surface area contributed by atoms with Gasteiger partial charge in [0.25, 0.3) is 0 Å². The largest absolute Gasteiger partial charge is 0.395 e. The maximum atomic E-state index is 8.75. The predicted octanol–water partition coefficient (Wildman–Crippen LogP) is -0.195. The molecule has 0 spiro atoms. The highest BCUT2D eigenvalue weighted by Crippen LogP contribution is 2.21. The minimum Gasteiger partial charge on any atom is -0.395 e. The first-order chi connectivity index (χ1) is 5.88. The van der Waals surface area contributed by atoms with E-state index in [2.05, 4.69) is 10.2 Å². The van der Waals surface area contributed by atoms with Crippen LogP contribution in [-0.2, 0) is 0 Å².